The minimum Gasteiger partial charge on any atom is -0.494 e. The molecule has 0 unspecified atom stereocenters. The highest BCUT2D eigenvalue weighted by Gasteiger charge is 2.19. The SMILES string of the molecule is CC(C)(S)CC(=O)N/N=C1/CCCc2cc(OCCCC(=O)O)ccc21. The van der Waals surface area contributed by atoms with Crippen LogP contribution in [0.3, 0.4) is 0 Å². The molecule has 6 nitrogen and oxygen atoms in total. The Morgan fingerprint density at radius 3 is 2.81 bits per heavy atom. The fraction of sp³-hybridized carbons (Fsp3) is 0.526. The van der Waals surface area contributed by atoms with Crippen molar-refractivity contribution in [3.8, 4) is 5.75 Å². The van der Waals surface area contributed by atoms with Gasteiger partial charge in [-0.05, 0) is 49.4 Å². The van der Waals surface area contributed by atoms with Crippen molar-refractivity contribution in [3.05, 3.63) is 29.3 Å². The summed E-state index contributed by atoms with van der Waals surface area (Å²) in [7, 11) is 0. The van der Waals surface area contributed by atoms with Gasteiger partial charge in [0.1, 0.15) is 5.75 Å². The van der Waals surface area contributed by atoms with E-state index in [4.69, 9.17) is 9.84 Å². The first kappa shape index (κ1) is 20.3. The fourth-order valence-corrected chi connectivity index (χ4v) is 2.96. The molecule has 2 N–H and O–H groups in total. The first-order valence-electron chi connectivity index (χ1n) is 8.80. The van der Waals surface area contributed by atoms with Crippen molar-refractivity contribution in [2.45, 2.75) is 57.1 Å². The monoisotopic (exact) mass is 378 g/mol. The normalized spacial score (nSPS) is 15.4. The molecule has 7 heteroatoms. The van der Waals surface area contributed by atoms with Crippen LogP contribution < -0.4 is 10.2 Å². The van der Waals surface area contributed by atoms with Crippen LogP contribution in [0.15, 0.2) is 23.3 Å². The second kappa shape index (κ2) is 9.07. The topological polar surface area (TPSA) is 88.0 Å². The van der Waals surface area contributed by atoms with E-state index in [0.717, 1.165) is 41.9 Å². The number of amides is 1. The van der Waals surface area contributed by atoms with Crippen LogP contribution in [0.4, 0.5) is 0 Å². The standard InChI is InChI=1S/C19H26N2O4S/c1-19(2,26)12-17(22)21-20-16-6-3-5-13-11-14(8-9-15(13)16)25-10-4-7-18(23)24/h8-9,11,26H,3-7,10,12H2,1-2H3,(H,21,22)(H,23,24)/b20-16-. The van der Waals surface area contributed by atoms with Gasteiger partial charge in [0.25, 0.3) is 0 Å². The zero-order valence-corrected chi connectivity index (χ0v) is 16.1. The Kier molecular flexibility index (Phi) is 7.08. The molecule has 0 bridgehead atoms. The molecular formula is C19H26N2O4S. The van der Waals surface area contributed by atoms with Gasteiger partial charge in [-0.25, -0.2) is 5.43 Å². The van der Waals surface area contributed by atoms with Crippen LogP contribution in [0.25, 0.3) is 0 Å². The van der Waals surface area contributed by atoms with Crippen molar-refractivity contribution in [1.29, 1.82) is 0 Å². The van der Waals surface area contributed by atoms with Gasteiger partial charge >= 0.3 is 5.97 Å². The maximum absolute atomic E-state index is 11.9. The van der Waals surface area contributed by atoms with E-state index in [1.165, 1.54) is 0 Å². The lowest BCUT2D eigenvalue weighted by Gasteiger charge is -2.20. The number of hydrogen-bond acceptors (Lipinski definition) is 5. The number of thiol groups is 1. The van der Waals surface area contributed by atoms with Crippen LogP contribution in [-0.2, 0) is 16.0 Å². The molecule has 1 aliphatic carbocycles. The number of hydrogen-bond donors (Lipinski definition) is 3. The zero-order valence-electron chi connectivity index (χ0n) is 15.2. The van der Waals surface area contributed by atoms with E-state index in [9.17, 15) is 9.59 Å². The van der Waals surface area contributed by atoms with Crippen molar-refractivity contribution in [2.75, 3.05) is 6.61 Å². The van der Waals surface area contributed by atoms with Gasteiger partial charge in [-0.15, -0.1) is 0 Å². The number of hydrazone groups is 1. The number of nitrogens with zero attached hydrogens (tertiary/aromatic N) is 1. The Morgan fingerprint density at radius 2 is 2.12 bits per heavy atom. The molecule has 2 rings (SSSR count). The molecule has 0 aromatic heterocycles. The van der Waals surface area contributed by atoms with Crippen molar-refractivity contribution < 1.29 is 19.4 Å². The van der Waals surface area contributed by atoms with Crippen molar-refractivity contribution in [2.24, 2.45) is 5.10 Å². The zero-order chi connectivity index (χ0) is 19.2. The number of carbonyl (C=O) groups excluding carboxylic acids is 1. The number of benzene rings is 1. The Bertz CT molecular complexity index is 695. The number of aryl methyl sites for hydroxylation is 1. The van der Waals surface area contributed by atoms with E-state index in [2.05, 4.69) is 23.2 Å². The molecule has 1 aromatic carbocycles. The van der Waals surface area contributed by atoms with Gasteiger partial charge < -0.3 is 9.84 Å². The molecule has 26 heavy (non-hydrogen) atoms. The quantitative estimate of drug-likeness (QED) is 0.368. The summed E-state index contributed by atoms with van der Waals surface area (Å²) in [4.78, 5) is 22.5. The summed E-state index contributed by atoms with van der Waals surface area (Å²) in [5, 5.41) is 13.0. The van der Waals surface area contributed by atoms with E-state index in [1.807, 2.05) is 32.0 Å². The summed E-state index contributed by atoms with van der Waals surface area (Å²) in [6.45, 7) is 4.15. The molecule has 0 saturated carbocycles. The predicted molar refractivity (Wildman–Crippen MR) is 104 cm³/mol. The number of carbonyl (C=O) groups is 2. The number of ether oxygens (including phenoxy) is 1. The minimum atomic E-state index is -0.816. The van der Waals surface area contributed by atoms with Crippen molar-refractivity contribution >= 4 is 30.2 Å². The summed E-state index contributed by atoms with van der Waals surface area (Å²) in [6.07, 6.45) is 3.58. The van der Waals surface area contributed by atoms with Gasteiger partial charge in [0.15, 0.2) is 0 Å². The lowest BCUT2D eigenvalue weighted by Crippen LogP contribution is -2.27. The summed E-state index contributed by atoms with van der Waals surface area (Å²) in [6, 6.07) is 5.79. The van der Waals surface area contributed by atoms with Crippen LogP contribution in [-0.4, -0.2) is 34.0 Å². The third-order valence-corrected chi connectivity index (χ3v) is 4.12. The van der Waals surface area contributed by atoms with Crippen LogP contribution >= 0.6 is 12.6 Å². The lowest BCUT2D eigenvalue weighted by atomic mass is 9.90. The van der Waals surface area contributed by atoms with Gasteiger partial charge in [-0.1, -0.05) is 13.8 Å². The van der Waals surface area contributed by atoms with Crippen LogP contribution in [0.1, 0.15) is 57.1 Å². The highest BCUT2D eigenvalue weighted by atomic mass is 32.1. The van der Waals surface area contributed by atoms with E-state index in [-0.39, 0.29) is 17.1 Å². The lowest BCUT2D eigenvalue weighted by molar-refractivity contribution is -0.137. The smallest absolute Gasteiger partial charge is 0.303 e. The highest BCUT2D eigenvalue weighted by Crippen LogP contribution is 2.26. The second-order valence-corrected chi connectivity index (χ2v) is 8.31. The molecule has 0 atom stereocenters. The predicted octanol–water partition coefficient (Wildman–Crippen LogP) is 3.19. The number of carboxylic acids is 1. The molecule has 0 aliphatic heterocycles. The van der Waals surface area contributed by atoms with Crippen molar-refractivity contribution in [1.82, 2.24) is 5.43 Å². The van der Waals surface area contributed by atoms with Gasteiger partial charge in [-0.2, -0.15) is 17.7 Å². The molecule has 0 spiro atoms. The fourth-order valence-electron chi connectivity index (χ4n) is 2.82. The van der Waals surface area contributed by atoms with E-state index in [1.54, 1.807) is 0 Å². The Morgan fingerprint density at radius 1 is 1.35 bits per heavy atom. The van der Waals surface area contributed by atoms with Gasteiger partial charge in [0, 0.05) is 23.2 Å². The van der Waals surface area contributed by atoms with Crippen LogP contribution in [0, 0.1) is 0 Å². The maximum atomic E-state index is 11.9. The number of nitrogens with one attached hydrogen (secondary N) is 1. The van der Waals surface area contributed by atoms with E-state index < -0.39 is 5.97 Å². The first-order valence-corrected chi connectivity index (χ1v) is 9.25. The number of aliphatic carboxylic acids is 1. The summed E-state index contributed by atoms with van der Waals surface area (Å²) >= 11 is 4.36. The van der Waals surface area contributed by atoms with Gasteiger partial charge in [-0.3, -0.25) is 9.59 Å². The molecule has 1 aliphatic rings. The third-order valence-electron chi connectivity index (χ3n) is 3.96. The Hall–Kier alpha value is -2.02. The molecule has 142 valence electrons. The van der Waals surface area contributed by atoms with Crippen LogP contribution in [0.2, 0.25) is 0 Å². The molecule has 1 amide bonds. The first-order chi connectivity index (χ1) is 12.2. The molecular weight excluding hydrogens is 352 g/mol. The number of fused-ring (bicyclic) bond motifs is 1. The van der Waals surface area contributed by atoms with Gasteiger partial charge in [0.2, 0.25) is 5.91 Å². The summed E-state index contributed by atoms with van der Waals surface area (Å²) in [5.74, 6) is -0.234. The molecule has 1 aromatic rings. The molecule has 0 radical (unpaired) electrons. The average molecular weight is 378 g/mol. The molecule has 0 heterocycles. The Balaban J connectivity index is 1.99. The van der Waals surface area contributed by atoms with Gasteiger partial charge in [0.05, 0.1) is 12.3 Å². The molecule has 0 saturated heterocycles. The summed E-state index contributed by atoms with van der Waals surface area (Å²) < 4.78 is 5.26. The Labute approximate surface area is 159 Å². The average Bonchev–Trinajstić information content (AvgIpc) is 2.55. The summed E-state index contributed by atoms with van der Waals surface area (Å²) in [5.41, 5.74) is 5.66. The van der Waals surface area contributed by atoms with Crippen molar-refractivity contribution in [3.63, 3.8) is 0 Å². The largest absolute Gasteiger partial charge is 0.494 e. The van der Waals surface area contributed by atoms with E-state index in [0.29, 0.717) is 19.4 Å². The second-order valence-electron chi connectivity index (χ2n) is 7.10. The maximum Gasteiger partial charge on any atom is 0.303 e. The highest BCUT2D eigenvalue weighted by molar-refractivity contribution is 7.81. The molecule has 0 fully saturated rings. The van der Waals surface area contributed by atoms with E-state index >= 15 is 0 Å². The van der Waals surface area contributed by atoms with Crippen LogP contribution in [0.5, 0.6) is 5.75 Å². The third kappa shape index (κ3) is 6.71. The minimum absolute atomic E-state index is 0.102. The number of rotatable bonds is 8. The number of carboxylic acid groups (broad SMARTS) is 1.